The number of carbonyl (C=O) groups excluding carboxylic acids is 3. The van der Waals surface area contributed by atoms with Crippen molar-refractivity contribution in [2.24, 2.45) is 29.1 Å². The van der Waals surface area contributed by atoms with Gasteiger partial charge in [-0.1, -0.05) is 61.9 Å². The summed E-state index contributed by atoms with van der Waals surface area (Å²) < 4.78 is 6.11. The number of fused-ring (bicyclic) bond motifs is 1. The zero-order chi connectivity index (χ0) is 28.8. The molecule has 40 heavy (non-hydrogen) atoms. The van der Waals surface area contributed by atoms with E-state index in [0.29, 0.717) is 12.0 Å². The first-order valence-electron chi connectivity index (χ1n) is 14.3. The first kappa shape index (κ1) is 28.2. The number of ketones is 2. The third-order valence-corrected chi connectivity index (χ3v) is 9.50. The molecule has 0 bridgehead atoms. The lowest BCUT2D eigenvalue weighted by Gasteiger charge is -2.45. The van der Waals surface area contributed by atoms with Crippen LogP contribution in [0.1, 0.15) is 58.6 Å². The Bertz CT molecular complexity index is 1420. The van der Waals surface area contributed by atoms with Crippen molar-refractivity contribution < 1.29 is 24.2 Å². The largest absolute Gasteiger partial charge is 0.385 e. The number of ether oxygens (including phenoxy) is 1. The van der Waals surface area contributed by atoms with E-state index in [2.05, 4.69) is 30.2 Å². The van der Waals surface area contributed by atoms with Crippen LogP contribution < -0.4 is 5.32 Å². The van der Waals surface area contributed by atoms with Gasteiger partial charge >= 0.3 is 0 Å². The summed E-state index contributed by atoms with van der Waals surface area (Å²) in [6.45, 7) is 7.87. The van der Waals surface area contributed by atoms with Gasteiger partial charge in [0.05, 0.1) is 6.04 Å². The monoisotopic (exact) mass is 544 g/mol. The maximum Gasteiger partial charge on any atom is 0.235 e. The molecule has 1 aliphatic heterocycles. The van der Waals surface area contributed by atoms with Crippen LogP contribution in [0, 0.1) is 29.1 Å². The molecule has 0 saturated carbocycles. The number of aromatic amines is 1. The van der Waals surface area contributed by atoms with Crippen molar-refractivity contribution in [1.29, 1.82) is 0 Å². The van der Waals surface area contributed by atoms with Gasteiger partial charge in [-0.25, -0.2) is 0 Å². The fraction of sp³-hybridized carbons (Fsp3) is 0.485. The zero-order valence-electron chi connectivity index (χ0n) is 23.9. The molecule has 3 aliphatic rings. The second kappa shape index (κ2) is 10.9. The number of nitrogens with one attached hydrogen (secondary N) is 2. The van der Waals surface area contributed by atoms with Crippen LogP contribution in [0.15, 0.2) is 65.9 Å². The van der Waals surface area contributed by atoms with Crippen molar-refractivity contribution in [3.05, 3.63) is 71.5 Å². The maximum absolute atomic E-state index is 14.4. The topological polar surface area (TPSA) is 108 Å². The van der Waals surface area contributed by atoms with E-state index in [1.165, 1.54) is 0 Å². The summed E-state index contributed by atoms with van der Waals surface area (Å²) in [5.41, 5.74) is 2.16. The molecule has 1 aromatic carbocycles. The van der Waals surface area contributed by atoms with Gasteiger partial charge < -0.3 is 20.1 Å². The van der Waals surface area contributed by atoms with E-state index in [1.54, 1.807) is 14.0 Å². The molecule has 3 N–H and O–H groups in total. The smallest absolute Gasteiger partial charge is 0.235 e. The molecule has 1 spiro atoms. The van der Waals surface area contributed by atoms with Gasteiger partial charge in [0.25, 0.3) is 0 Å². The van der Waals surface area contributed by atoms with Gasteiger partial charge in [-0.05, 0) is 50.2 Å². The summed E-state index contributed by atoms with van der Waals surface area (Å²) >= 11 is 0. The molecule has 1 amide bonds. The van der Waals surface area contributed by atoms with Gasteiger partial charge in [-0.2, -0.15) is 0 Å². The van der Waals surface area contributed by atoms with Gasteiger partial charge in [0.2, 0.25) is 5.91 Å². The van der Waals surface area contributed by atoms with Crippen molar-refractivity contribution in [3.8, 4) is 0 Å². The summed E-state index contributed by atoms with van der Waals surface area (Å²) in [5, 5.41) is 14.9. The summed E-state index contributed by atoms with van der Waals surface area (Å²) in [6, 6.07) is 7.51. The molecule has 1 saturated heterocycles. The van der Waals surface area contributed by atoms with E-state index >= 15 is 0 Å². The molecular formula is C33H40N2O5. The van der Waals surface area contributed by atoms with E-state index < -0.39 is 29.6 Å². The number of benzene rings is 1. The Balaban J connectivity index is 1.63. The average molecular weight is 545 g/mol. The summed E-state index contributed by atoms with van der Waals surface area (Å²) in [6.07, 6.45) is 8.69. The van der Waals surface area contributed by atoms with E-state index in [9.17, 15) is 19.5 Å². The van der Waals surface area contributed by atoms with Crippen molar-refractivity contribution >= 4 is 28.4 Å². The number of amides is 1. The van der Waals surface area contributed by atoms with Crippen LogP contribution in [0.25, 0.3) is 10.9 Å². The Labute approximate surface area is 235 Å². The maximum atomic E-state index is 14.4. The number of carbonyl (C=O) groups is 3. The molecule has 2 aromatic rings. The van der Waals surface area contributed by atoms with Crippen LogP contribution in [-0.4, -0.2) is 46.8 Å². The van der Waals surface area contributed by atoms with Gasteiger partial charge in [0, 0.05) is 48.0 Å². The minimum Gasteiger partial charge on any atom is -0.385 e. The molecule has 8 atom stereocenters. The highest BCUT2D eigenvalue weighted by molar-refractivity contribution is 6.10. The van der Waals surface area contributed by atoms with Gasteiger partial charge in [0.15, 0.2) is 5.78 Å². The summed E-state index contributed by atoms with van der Waals surface area (Å²) in [7, 11) is 1.64. The highest BCUT2D eigenvalue weighted by Crippen LogP contribution is 2.56. The number of para-hydroxylation sites is 1. The molecule has 2 aliphatic carbocycles. The van der Waals surface area contributed by atoms with Crippen molar-refractivity contribution in [2.75, 3.05) is 7.11 Å². The molecule has 2 heterocycles. The number of hydrogen-bond acceptors (Lipinski definition) is 5. The molecule has 7 heteroatoms. The number of aliphatic hydroxyl groups excluding tert-OH is 1. The van der Waals surface area contributed by atoms with Crippen LogP contribution in [0.5, 0.6) is 0 Å². The van der Waals surface area contributed by atoms with Crippen molar-refractivity contribution in [1.82, 2.24) is 10.3 Å². The molecule has 212 valence electrons. The summed E-state index contributed by atoms with van der Waals surface area (Å²) in [4.78, 5) is 44.7. The fourth-order valence-electron chi connectivity index (χ4n) is 7.38. The lowest BCUT2D eigenvalue weighted by Crippen LogP contribution is -2.52. The number of allylic oxidation sites excluding steroid dienone is 5. The molecule has 5 rings (SSSR count). The Hall–Kier alpha value is -3.29. The van der Waals surface area contributed by atoms with Crippen molar-refractivity contribution in [2.45, 2.75) is 65.2 Å². The van der Waals surface area contributed by atoms with Crippen LogP contribution >= 0.6 is 0 Å². The number of Topliss-reactive ketones (excluding diaryl/α,β-unsaturated/α-hetero) is 2. The van der Waals surface area contributed by atoms with Gasteiger partial charge in [0.1, 0.15) is 23.4 Å². The second-order valence-electron chi connectivity index (χ2n) is 11.9. The van der Waals surface area contributed by atoms with Crippen LogP contribution in [0.4, 0.5) is 0 Å². The molecule has 1 aromatic heterocycles. The Morgan fingerprint density at radius 2 is 1.85 bits per heavy atom. The second-order valence-corrected chi connectivity index (χ2v) is 11.9. The fourth-order valence-corrected chi connectivity index (χ4v) is 7.38. The van der Waals surface area contributed by atoms with E-state index in [0.717, 1.165) is 22.0 Å². The number of rotatable bonds is 3. The lowest BCUT2D eigenvalue weighted by atomic mass is 9.54. The summed E-state index contributed by atoms with van der Waals surface area (Å²) in [5.74, 6) is -1.76. The standard InChI is InChI=1S/C33H40N2O5/c1-18-9-8-10-22-16-19(2)21(4)28-29(31(40-5)24-17-34-25-12-7-6-11-23(24)25)35-32(39)33(22,28)27(37)14-13-26(36)30(38)20(3)15-18/h6-8,10-12,15-18,21-22,26,28-29,31,34,36H,9,13-14H2,1-5H3,(H,35,39). The van der Waals surface area contributed by atoms with Crippen molar-refractivity contribution in [3.63, 3.8) is 0 Å². The normalized spacial score (nSPS) is 34.1. The Morgan fingerprint density at radius 1 is 1.10 bits per heavy atom. The third kappa shape index (κ3) is 4.49. The highest BCUT2D eigenvalue weighted by atomic mass is 16.5. The van der Waals surface area contributed by atoms with Crippen LogP contribution in [0.3, 0.4) is 0 Å². The minimum absolute atomic E-state index is 0.0205. The predicted octanol–water partition coefficient (Wildman–Crippen LogP) is 4.99. The van der Waals surface area contributed by atoms with Crippen LogP contribution in [-0.2, 0) is 19.1 Å². The van der Waals surface area contributed by atoms with E-state index in [4.69, 9.17) is 4.74 Å². The predicted molar refractivity (Wildman–Crippen MR) is 154 cm³/mol. The molecule has 0 radical (unpaired) electrons. The van der Waals surface area contributed by atoms with Gasteiger partial charge in [-0.3, -0.25) is 14.4 Å². The minimum atomic E-state index is -1.37. The number of H-pyrrole nitrogens is 1. The first-order valence-corrected chi connectivity index (χ1v) is 14.3. The SMILES string of the molecule is COC(c1c[nH]c2ccccc12)C1NC(=O)C23C(=O)CCC(O)C(=O)C(C)=CC(C)CC=CC2C=C(C)C(C)C13. The van der Waals surface area contributed by atoms with E-state index in [1.807, 2.05) is 55.6 Å². The number of hydrogen-bond donors (Lipinski definition) is 3. The first-order chi connectivity index (χ1) is 19.1. The Kier molecular flexibility index (Phi) is 7.73. The lowest BCUT2D eigenvalue weighted by molar-refractivity contribution is -0.145. The third-order valence-electron chi connectivity index (χ3n) is 9.50. The van der Waals surface area contributed by atoms with E-state index in [-0.39, 0.29) is 48.1 Å². The highest BCUT2D eigenvalue weighted by Gasteiger charge is 2.66. The van der Waals surface area contributed by atoms with Crippen LogP contribution in [0.2, 0.25) is 0 Å². The molecule has 1 fully saturated rings. The zero-order valence-corrected chi connectivity index (χ0v) is 23.9. The number of methoxy groups -OCH3 is 1. The van der Waals surface area contributed by atoms with Gasteiger partial charge in [-0.15, -0.1) is 0 Å². The number of aliphatic hydroxyl groups is 1. The Morgan fingerprint density at radius 3 is 2.60 bits per heavy atom. The molecule has 8 unspecified atom stereocenters. The molecular weight excluding hydrogens is 504 g/mol. The number of aromatic nitrogens is 1. The average Bonchev–Trinajstić information content (AvgIpc) is 3.49. The quantitative estimate of drug-likeness (QED) is 0.373. The molecule has 7 nitrogen and oxygen atoms in total.